The van der Waals surface area contributed by atoms with E-state index in [-0.39, 0.29) is 12.3 Å². The second kappa shape index (κ2) is 12.9. The molecule has 0 heterocycles. The van der Waals surface area contributed by atoms with E-state index in [0.29, 0.717) is 19.5 Å². The molecule has 0 aliphatic rings. The van der Waals surface area contributed by atoms with Crippen LogP contribution in [0.15, 0.2) is 60.7 Å². The molecule has 0 aliphatic carbocycles. The number of nitrogens with zero attached hydrogens (tertiary/aromatic N) is 1. The maximum Gasteiger partial charge on any atom is 0.407 e. The van der Waals surface area contributed by atoms with Gasteiger partial charge in [-0.3, -0.25) is 4.90 Å². The highest BCUT2D eigenvalue weighted by molar-refractivity contribution is 5.67. The van der Waals surface area contributed by atoms with Crippen LogP contribution >= 0.6 is 0 Å². The normalized spacial score (nSPS) is 12.2. The average Bonchev–Trinajstić information content (AvgIpc) is 2.76. The number of carbonyl (C=O) groups is 1. The van der Waals surface area contributed by atoms with Crippen LogP contribution in [0, 0.1) is 0 Å². The Labute approximate surface area is 173 Å². The lowest BCUT2D eigenvalue weighted by atomic mass is 10.0. The van der Waals surface area contributed by atoms with Crippen molar-refractivity contribution < 1.29 is 19.0 Å². The molecule has 1 atom stereocenters. The lowest BCUT2D eigenvalue weighted by molar-refractivity contribution is -0.116. The quantitative estimate of drug-likeness (QED) is 0.555. The van der Waals surface area contributed by atoms with Crippen molar-refractivity contribution in [2.45, 2.75) is 25.2 Å². The predicted octanol–water partition coefficient (Wildman–Crippen LogP) is 3.12. The Morgan fingerprint density at radius 1 is 0.897 bits per heavy atom. The van der Waals surface area contributed by atoms with Gasteiger partial charge in [0.15, 0.2) is 6.29 Å². The molecule has 0 saturated heterocycles. The smallest absolute Gasteiger partial charge is 0.407 e. The van der Waals surface area contributed by atoms with Crippen molar-refractivity contribution in [3.8, 4) is 0 Å². The van der Waals surface area contributed by atoms with Crippen LogP contribution < -0.4 is 5.32 Å². The van der Waals surface area contributed by atoms with Crippen molar-refractivity contribution >= 4 is 6.09 Å². The van der Waals surface area contributed by atoms with Crippen molar-refractivity contribution in [2.75, 3.05) is 41.0 Å². The molecule has 0 spiro atoms. The fourth-order valence-electron chi connectivity index (χ4n) is 3.24. The van der Waals surface area contributed by atoms with Gasteiger partial charge in [-0.15, -0.1) is 0 Å². The van der Waals surface area contributed by atoms with Gasteiger partial charge in [0, 0.05) is 39.9 Å². The lowest BCUT2D eigenvalue weighted by Gasteiger charge is -2.30. The number of amides is 1. The summed E-state index contributed by atoms with van der Waals surface area (Å²) in [4.78, 5) is 14.2. The van der Waals surface area contributed by atoms with Crippen LogP contribution in [0.5, 0.6) is 0 Å². The number of benzene rings is 2. The highest BCUT2D eigenvalue weighted by Crippen LogP contribution is 2.09. The molecule has 1 amide bonds. The molecule has 0 saturated carbocycles. The third kappa shape index (κ3) is 8.64. The second-order valence-electron chi connectivity index (χ2n) is 6.92. The fourth-order valence-corrected chi connectivity index (χ4v) is 3.24. The van der Waals surface area contributed by atoms with Gasteiger partial charge >= 0.3 is 6.09 Å². The summed E-state index contributed by atoms with van der Waals surface area (Å²) in [5, 5.41) is 2.97. The number of nitrogens with one attached hydrogen (secondary N) is 1. The van der Waals surface area contributed by atoms with Crippen LogP contribution in [0.2, 0.25) is 0 Å². The zero-order chi connectivity index (χ0) is 20.9. The van der Waals surface area contributed by atoms with Crippen molar-refractivity contribution in [3.05, 3.63) is 71.8 Å². The molecule has 0 bridgehead atoms. The number of hydrogen-bond donors (Lipinski definition) is 1. The summed E-state index contributed by atoms with van der Waals surface area (Å²) < 4.78 is 15.7. The predicted molar refractivity (Wildman–Crippen MR) is 114 cm³/mol. The summed E-state index contributed by atoms with van der Waals surface area (Å²) in [5.41, 5.74) is 2.43. The van der Waals surface area contributed by atoms with Gasteiger partial charge in [-0.2, -0.15) is 0 Å². The molecule has 29 heavy (non-hydrogen) atoms. The van der Waals surface area contributed by atoms with Crippen LogP contribution in [0.1, 0.15) is 11.1 Å². The molecule has 1 unspecified atom stereocenters. The molecule has 0 aromatic heterocycles. The van der Waals surface area contributed by atoms with Crippen LogP contribution in [-0.4, -0.2) is 64.3 Å². The maximum atomic E-state index is 11.9. The van der Waals surface area contributed by atoms with Crippen LogP contribution in [0.4, 0.5) is 4.79 Å². The highest BCUT2D eigenvalue weighted by atomic mass is 16.7. The Morgan fingerprint density at radius 3 is 2.03 bits per heavy atom. The number of rotatable bonds is 12. The van der Waals surface area contributed by atoms with E-state index in [1.807, 2.05) is 36.4 Å². The minimum absolute atomic E-state index is 0.102. The monoisotopic (exact) mass is 400 g/mol. The molecule has 2 rings (SSSR count). The van der Waals surface area contributed by atoms with Gasteiger partial charge in [0.05, 0.1) is 7.11 Å². The van der Waals surface area contributed by atoms with E-state index in [1.54, 1.807) is 14.2 Å². The molecule has 0 fully saturated rings. The van der Waals surface area contributed by atoms with E-state index in [9.17, 15) is 4.79 Å². The summed E-state index contributed by atoms with van der Waals surface area (Å²) in [7, 11) is 4.66. The van der Waals surface area contributed by atoms with Gasteiger partial charge in [0.25, 0.3) is 0 Å². The van der Waals surface area contributed by atoms with Crippen molar-refractivity contribution in [1.82, 2.24) is 10.2 Å². The molecule has 2 aromatic rings. The number of ether oxygens (including phenoxy) is 3. The fraction of sp³-hybridized carbons (Fsp3) is 0.435. The molecule has 6 heteroatoms. The van der Waals surface area contributed by atoms with Gasteiger partial charge in [-0.05, 0) is 24.0 Å². The van der Waals surface area contributed by atoms with Crippen molar-refractivity contribution in [3.63, 3.8) is 0 Å². The first-order valence-corrected chi connectivity index (χ1v) is 9.84. The molecule has 0 radical (unpaired) electrons. The number of hydrogen-bond acceptors (Lipinski definition) is 5. The second-order valence-corrected chi connectivity index (χ2v) is 6.92. The van der Waals surface area contributed by atoms with Crippen molar-refractivity contribution in [2.24, 2.45) is 0 Å². The first kappa shape index (κ1) is 22.9. The molecular formula is C23H32N2O4. The Hall–Kier alpha value is -2.41. The van der Waals surface area contributed by atoms with Gasteiger partial charge in [0.1, 0.15) is 0 Å². The largest absolute Gasteiger partial charge is 0.453 e. The third-order valence-electron chi connectivity index (χ3n) is 4.80. The first-order chi connectivity index (χ1) is 14.1. The van der Waals surface area contributed by atoms with E-state index in [2.05, 4.69) is 34.5 Å². The van der Waals surface area contributed by atoms with E-state index in [0.717, 1.165) is 18.5 Å². The van der Waals surface area contributed by atoms with E-state index in [4.69, 9.17) is 14.2 Å². The highest BCUT2D eigenvalue weighted by Gasteiger charge is 2.20. The Morgan fingerprint density at radius 2 is 1.48 bits per heavy atom. The maximum absolute atomic E-state index is 11.9. The van der Waals surface area contributed by atoms with Crippen molar-refractivity contribution in [1.29, 1.82) is 0 Å². The number of alkyl carbamates (subject to hydrolysis) is 1. The van der Waals surface area contributed by atoms with E-state index < -0.39 is 6.09 Å². The Bertz CT molecular complexity index is 693. The molecule has 0 aliphatic heterocycles. The SMILES string of the molecule is COC(=O)NC(Cc1ccccc1)CN(CCc1ccccc1)CC(OC)OC. The zero-order valence-corrected chi connectivity index (χ0v) is 17.5. The Balaban J connectivity index is 2.09. The standard InChI is InChI=1S/C23H32N2O4/c1-27-22(28-2)18-25(15-14-19-10-6-4-7-11-19)17-21(24-23(26)29-3)16-20-12-8-5-9-13-20/h4-13,21-22H,14-18H2,1-3H3,(H,24,26). The first-order valence-electron chi connectivity index (χ1n) is 9.84. The van der Waals surface area contributed by atoms with E-state index >= 15 is 0 Å². The van der Waals surface area contributed by atoms with Gasteiger partial charge in [0.2, 0.25) is 0 Å². The summed E-state index contributed by atoms with van der Waals surface area (Å²) in [6, 6.07) is 20.4. The summed E-state index contributed by atoms with van der Waals surface area (Å²) in [6.07, 6.45) is 0.852. The minimum atomic E-state index is -0.427. The molecule has 2 aromatic carbocycles. The molecule has 6 nitrogen and oxygen atoms in total. The summed E-state index contributed by atoms with van der Waals surface area (Å²) in [6.45, 7) is 2.08. The van der Waals surface area contributed by atoms with Crippen LogP contribution in [-0.2, 0) is 27.1 Å². The topological polar surface area (TPSA) is 60.0 Å². The zero-order valence-electron chi connectivity index (χ0n) is 17.5. The minimum Gasteiger partial charge on any atom is -0.453 e. The average molecular weight is 401 g/mol. The Kier molecular flexibility index (Phi) is 10.2. The summed E-state index contributed by atoms with van der Waals surface area (Å²) in [5.74, 6) is 0. The van der Waals surface area contributed by atoms with Gasteiger partial charge in [-0.25, -0.2) is 4.79 Å². The van der Waals surface area contributed by atoms with Crippen LogP contribution in [0.3, 0.4) is 0 Å². The van der Waals surface area contributed by atoms with Crippen LogP contribution in [0.25, 0.3) is 0 Å². The summed E-state index contributed by atoms with van der Waals surface area (Å²) >= 11 is 0. The van der Waals surface area contributed by atoms with E-state index in [1.165, 1.54) is 12.7 Å². The lowest BCUT2D eigenvalue weighted by Crippen LogP contribution is -2.47. The van der Waals surface area contributed by atoms with Gasteiger partial charge < -0.3 is 19.5 Å². The number of carbonyl (C=O) groups excluding carboxylic acids is 1. The van der Waals surface area contributed by atoms with Gasteiger partial charge in [-0.1, -0.05) is 60.7 Å². The molecular weight excluding hydrogens is 368 g/mol. The molecule has 158 valence electrons. The molecule has 1 N–H and O–H groups in total. The number of methoxy groups -OCH3 is 3. The third-order valence-corrected chi connectivity index (χ3v) is 4.80.